The zero-order valence-electron chi connectivity index (χ0n) is 14.9. The van der Waals surface area contributed by atoms with E-state index in [9.17, 15) is 4.79 Å². The van der Waals surface area contributed by atoms with Gasteiger partial charge in [0.1, 0.15) is 5.75 Å². The van der Waals surface area contributed by atoms with Crippen LogP contribution in [0.5, 0.6) is 5.75 Å². The Labute approximate surface area is 179 Å². The molecular weight excluding hydrogens is 492 g/mol. The quantitative estimate of drug-likeness (QED) is 0.386. The van der Waals surface area contributed by atoms with Crippen molar-refractivity contribution < 1.29 is 9.53 Å². The van der Waals surface area contributed by atoms with Crippen LogP contribution in [0.25, 0.3) is 11.3 Å². The Morgan fingerprint density at radius 1 is 1.19 bits per heavy atom. The van der Waals surface area contributed by atoms with Crippen LogP contribution in [0.3, 0.4) is 0 Å². The van der Waals surface area contributed by atoms with Gasteiger partial charge in [0.15, 0.2) is 5.13 Å². The van der Waals surface area contributed by atoms with Gasteiger partial charge in [-0.2, -0.15) is 0 Å². The lowest BCUT2D eigenvalue weighted by molar-refractivity contribution is 0.0986. The number of aromatic nitrogens is 1. The SMILES string of the molecule is CCCN(C(=O)c1cc(OC)ccc1Br)c1nc(-c2ccc(Br)cc2)cs1. The van der Waals surface area contributed by atoms with Crippen molar-refractivity contribution >= 4 is 54.2 Å². The lowest BCUT2D eigenvalue weighted by Crippen LogP contribution is -2.31. The summed E-state index contributed by atoms with van der Waals surface area (Å²) in [6, 6.07) is 13.4. The highest BCUT2D eigenvalue weighted by molar-refractivity contribution is 9.10. The lowest BCUT2D eigenvalue weighted by atomic mass is 10.2. The number of rotatable bonds is 6. The highest BCUT2D eigenvalue weighted by atomic mass is 79.9. The van der Waals surface area contributed by atoms with Crippen LogP contribution >= 0.6 is 43.2 Å². The maximum atomic E-state index is 13.2. The highest BCUT2D eigenvalue weighted by Crippen LogP contribution is 2.31. The van der Waals surface area contributed by atoms with Gasteiger partial charge < -0.3 is 4.74 Å². The van der Waals surface area contributed by atoms with E-state index in [0.29, 0.717) is 23.0 Å². The molecule has 2 aromatic carbocycles. The smallest absolute Gasteiger partial charge is 0.261 e. The van der Waals surface area contributed by atoms with Gasteiger partial charge in [0.2, 0.25) is 0 Å². The first-order valence-electron chi connectivity index (χ1n) is 8.40. The molecule has 0 aliphatic heterocycles. The van der Waals surface area contributed by atoms with Crippen LogP contribution in [0.4, 0.5) is 5.13 Å². The van der Waals surface area contributed by atoms with Crippen molar-refractivity contribution in [3.8, 4) is 17.0 Å². The second-order valence-corrected chi connectivity index (χ2v) is 8.43. The number of methoxy groups -OCH3 is 1. The Morgan fingerprint density at radius 3 is 2.59 bits per heavy atom. The molecule has 0 bridgehead atoms. The molecule has 0 atom stereocenters. The van der Waals surface area contributed by atoms with E-state index in [1.165, 1.54) is 11.3 Å². The summed E-state index contributed by atoms with van der Waals surface area (Å²) in [6.45, 7) is 2.64. The van der Waals surface area contributed by atoms with Crippen LogP contribution in [-0.4, -0.2) is 24.5 Å². The van der Waals surface area contributed by atoms with Crippen LogP contribution in [0, 0.1) is 0 Å². The number of thiazole rings is 1. The second kappa shape index (κ2) is 8.99. The topological polar surface area (TPSA) is 42.4 Å². The monoisotopic (exact) mass is 508 g/mol. The predicted molar refractivity (Wildman–Crippen MR) is 118 cm³/mol. The molecule has 1 heterocycles. The van der Waals surface area contributed by atoms with E-state index < -0.39 is 0 Å². The molecule has 0 fully saturated rings. The maximum absolute atomic E-state index is 13.2. The Hall–Kier alpha value is -1.70. The predicted octanol–water partition coefficient (Wildman–Crippen LogP) is 6.40. The molecule has 0 radical (unpaired) electrons. The third-order valence-corrected chi connectivity index (χ3v) is 6.04. The van der Waals surface area contributed by atoms with Gasteiger partial charge in [-0.15, -0.1) is 11.3 Å². The van der Waals surface area contributed by atoms with Crippen LogP contribution in [0.2, 0.25) is 0 Å². The first-order chi connectivity index (χ1) is 13.0. The van der Waals surface area contributed by atoms with Crippen molar-refractivity contribution in [2.24, 2.45) is 0 Å². The van der Waals surface area contributed by atoms with Crippen molar-refractivity contribution in [1.82, 2.24) is 4.98 Å². The van der Waals surface area contributed by atoms with Gasteiger partial charge in [0.25, 0.3) is 5.91 Å². The van der Waals surface area contributed by atoms with Crippen molar-refractivity contribution in [3.63, 3.8) is 0 Å². The van der Waals surface area contributed by atoms with Crippen LogP contribution in [0.15, 0.2) is 56.8 Å². The zero-order chi connectivity index (χ0) is 19.4. The number of benzene rings is 2. The van der Waals surface area contributed by atoms with Crippen LogP contribution in [-0.2, 0) is 0 Å². The van der Waals surface area contributed by atoms with Gasteiger partial charge in [-0.3, -0.25) is 9.69 Å². The fourth-order valence-corrected chi connectivity index (χ4v) is 4.13. The minimum atomic E-state index is -0.0978. The molecule has 0 unspecified atom stereocenters. The third-order valence-electron chi connectivity index (χ3n) is 3.96. The first-order valence-corrected chi connectivity index (χ1v) is 10.9. The largest absolute Gasteiger partial charge is 0.497 e. The molecule has 1 amide bonds. The Bertz CT molecular complexity index is 941. The number of carbonyl (C=O) groups excluding carboxylic acids is 1. The number of hydrogen-bond acceptors (Lipinski definition) is 4. The Balaban J connectivity index is 1.94. The van der Waals surface area contributed by atoms with Crippen molar-refractivity contribution in [2.75, 3.05) is 18.6 Å². The Kier molecular flexibility index (Phi) is 6.68. The third kappa shape index (κ3) is 4.59. The molecule has 3 aromatic rings. The van der Waals surface area contributed by atoms with Gasteiger partial charge in [0.05, 0.1) is 18.4 Å². The minimum Gasteiger partial charge on any atom is -0.497 e. The molecule has 0 aliphatic carbocycles. The molecule has 27 heavy (non-hydrogen) atoms. The van der Waals surface area contributed by atoms with E-state index in [1.54, 1.807) is 18.1 Å². The summed E-state index contributed by atoms with van der Waals surface area (Å²) in [6.07, 6.45) is 0.834. The fraction of sp³-hybridized carbons (Fsp3) is 0.200. The summed E-state index contributed by atoms with van der Waals surface area (Å²) in [7, 11) is 1.59. The summed E-state index contributed by atoms with van der Waals surface area (Å²) in [5.74, 6) is 0.548. The van der Waals surface area contributed by atoms with Gasteiger partial charge in [-0.25, -0.2) is 4.98 Å². The van der Waals surface area contributed by atoms with E-state index in [1.807, 2.05) is 48.7 Å². The van der Waals surface area contributed by atoms with E-state index in [2.05, 4.69) is 31.9 Å². The molecule has 0 spiro atoms. The van der Waals surface area contributed by atoms with E-state index in [-0.39, 0.29) is 5.91 Å². The molecule has 0 saturated carbocycles. The summed E-state index contributed by atoms with van der Waals surface area (Å²) in [4.78, 5) is 19.7. The first kappa shape index (κ1) is 20.0. The van der Waals surface area contributed by atoms with Gasteiger partial charge in [-0.05, 0) is 52.7 Å². The van der Waals surface area contributed by atoms with Crippen LogP contribution in [0.1, 0.15) is 23.7 Å². The van der Waals surface area contributed by atoms with E-state index in [0.717, 1.165) is 26.6 Å². The molecule has 0 N–H and O–H groups in total. The van der Waals surface area contributed by atoms with Gasteiger partial charge in [-0.1, -0.05) is 35.0 Å². The molecule has 4 nitrogen and oxygen atoms in total. The number of halogens is 2. The number of anilines is 1. The summed E-state index contributed by atoms with van der Waals surface area (Å²) in [5.41, 5.74) is 2.44. The van der Waals surface area contributed by atoms with Crippen molar-refractivity contribution in [3.05, 3.63) is 62.4 Å². The molecule has 0 saturated heterocycles. The van der Waals surface area contributed by atoms with Gasteiger partial charge in [0, 0.05) is 26.4 Å². The molecule has 1 aromatic heterocycles. The van der Waals surface area contributed by atoms with E-state index >= 15 is 0 Å². The zero-order valence-corrected chi connectivity index (χ0v) is 18.9. The molecular formula is C20H18Br2N2O2S. The molecule has 0 aliphatic rings. The van der Waals surface area contributed by atoms with E-state index in [4.69, 9.17) is 9.72 Å². The number of amides is 1. The number of nitrogens with zero attached hydrogens (tertiary/aromatic N) is 2. The summed E-state index contributed by atoms with van der Waals surface area (Å²) in [5, 5.41) is 2.67. The maximum Gasteiger partial charge on any atom is 0.261 e. The average molecular weight is 510 g/mol. The second-order valence-electron chi connectivity index (χ2n) is 5.82. The average Bonchev–Trinajstić information content (AvgIpc) is 3.16. The van der Waals surface area contributed by atoms with Crippen molar-refractivity contribution in [1.29, 1.82) is 0 Å². The summed E-state index contributed by atoms with van der Waals surface area (Å²) < 4.78 is 7.02. The minimum absolute atomic E-state index is 0.0978. The molecule has 7 heteroatoms. The highest BCUT2D eigenvalue weighted by Gasteiger charge is 2.22. The standard InChI is InChI=1S/C20H18Br2N2O2S/c1-3-10-24(19(25)16-11-15(26-2)8-9-17(16)22)20-23-18(12-27-20)13-4-6-14(21)7-5-13/h4-9,11-12H,3,10H2,1-2H3. The normalized spacial score (nSPS) is 10.7. The Morgan fingerprint density at radius 2 is 1.93 bits per heavy atom. The number of ether oxygens (including phenoxy) is 1. The lowest BCUT2D eigenvalue weighted by Gasteiger charge is -2.20. The molecule has 140 valence electrons. The number of hydrogen-bond donors (Lipinski definition) is 0. The number of carbonyl (C=O) groups is 1. The van der Waals surface area contributed by atoms with Crippen molar-refractivity contribution in [2.45, 2.75) is 13.3 Å². The van der Waals surface area contributed by atoms with Crippen LogP contribution < -0.4 is 9.64 Å². The summed E-state index contributed by atoms with van der Waals surface area (Å²) >= 11 is 8.39. The molecule has 3 rings (SSSR count). The fourth-order valence-electron chi connectivity index (χ4n) is 2.59. The van der Waals surface area contributed by atoms with Gasteiger partial charge >= 0.3 is 0 Å².